The fourth-order valence-corrected chi connectivity index (χ4v) is 3.98. The third-order valence-electron chi connectivity index (χ3n) is 5.51. The van der Waals surface area contributed by atoms with Crippen LogP contribution in [0.5, 0.6) is 0 Å². The van der Waals surface area contributed by atoms with E-state index in [1.807, 2.05) is 6.92 Å². The van der Waals surface area contributed by atoms with Crippen molar-refractivity contribution in [3.63, 3.8) is 0 Å². The first kappa shape index (κ1) is 28.6. The molecule has 0 saturated carbocycles. The Hall–Kier alpha value is -2.93. The van der Waals surface area contributed by atoms with Gasteiger partial charge in [-0.25, -0.2) is 28.5 Å². The zero-order valence-corrected chi connectivity index (χ0v) is 21.5. The van der Waals surface area contributed by atoms with E-state index < -0.39 is 29.3 Å². The van der Waals surface area contributed by atoms with Gasteiger partial charge in [-0.2, -0.15) is 8.70 Å². The van der Waals surface area contributed by atoms with Gasteiger partial charge in [-0.3, -0.25) is 9.79 Å². The van der Waals surface area contributed by atoms with Crippen molar-refractivity contribution in [1.29, 1.82) is 0 Å². The van der Waals surface area contributed by atoms with E-state index in [1.54, 1.807) is 24.5 Å². The van der Waals surface area contributed by atoms with Crippen LogP contribution >= 0.6 is 12.2 Å². The van der Waals surface area contributed by atoms with E-state index in [1.165, 1.54) is 12.1 Å². The summed E-state index contributed by atoms with van der Waals surface area (Å²) in [6, 6.07) is 2.83. The molecule has 1 unspecified atom stereocenters. The summed E-state index contributed by atoms with van der Waals surface area (Å²) in [7, 11) is 1.72. The summed E-state index contributed by atoms with van der Waals surface area (Å²) >= 11 is 0.891. The molecule has 0 saturated heterocycles. The van der Waals surface area contributed by atoms with Crippen LogP contribution in [0.3, 0.4) is 0 Å². The Morgan fingerprint density at radius 1 is 1.24 bits per heavy atom. The second kappa shape index (κ2) is 13.6. The average Bonchev–Trinajstić information content (AvgIpc) is 2.98. The molecule has 3 rings (SSSR count). The largest absolute Gasteiger partial charge is 0.370 e. The summed E-state index contributed by atoms with van der Waals surface area (Å²) in [6.07, 6.45) is 3.53. The lowest BCUT2D eigenvalue weighted by Crippen LogP contribution is -2.32. The Kier molecular flexibility index (Phi) is 10.5. The maximum absolute atomic E-state index is 15.2. The SMILES string of the molecule is CCCNN(C)SONC1=NCCC(CC2=CC(C=O)=CC(Nc3ccc(C)cc3F)C(F)=C2F)=C1F. The number of carbonyl (C=O) groups is 1. The number of nitrogens with zero attached hydrogens (tertiary/aromatic N) is 2. The Morgan fingerprint density at radius 3 is 2.73 bits per heavy atom. The van der Waals surface area contributed by atoms with E-state index in [2.05, 4.69) is 21.2 Å². The Morgan fingerprint density at radius 2 is 2.03 bits per heavy atom. The van der Waals surface area contributed by atoms with E-state index in [-0.39, 0.29) is 47.6 Å². The van der Waals surface area contributed by atoms with Crippen LogP contribution in [0.2, 0.25) is 0 Å². The number of halogens is 4. The number of aldehydes is 1. The number of allylic oxidation sites excluding steroid dienone is 4. The van der Waals surface area contributed by atoms with Crippen molar-refractivity contribution in [2.75, 3.05) is 25.5 Å². The molecule has 12 heteroatoms. The summed E-state index contributed by atoms with van der Waals surface area (Å²) in [5.74, 6) is -4.05. The number of hydrogen-bond donors (Lipinski definition) is 3. The van der Waals surface area contributed by atoms with E-state index in [0.717, 1.165) is 37.3 Å². The highest BCUT2D eigenvalue weighted by Gasteiger charge is 2.27. The van der Waals surface area contributed by atoms with E-state index in [0.29, 0.717) is 11.8 Å². The summed E-state index contributed by atoms with van der Waals surface area (Å²) in [4.78, 5) is 15.7. The van der Waals surface area contributed by atoms with Crippen LogP contribution in [0.4, 0.5) is 23.2 Å². The maximum atomic E-state index is 15.2. The summed E-state index contributed by atoms with van der Waals surface area (Å²) in [5.41, 5.74) is 5.98. The van der Waals surface area contributed by atoms with Crippen molar-refractivity contribution < 1.29 is 26.6 Å². The smallest absolute Gasteiger partial charge is 0.182 e. The van der Waals surface area contributed by atoms with Crippen LogP contribution in [-0.4, -0.2) is 42.7 Å². The number of hydrogen-bond acceptors (Lipinski definition) is 8. The Bertz CT molecular complexity index is 1170. The van der Waals surface area contributed by atoms with Crippen molar-refractivity contribution >= 4 is 30.0 Å². The van der Waals surface area contributed by atoms with Crippen LogP contribution in [0.25, 0.3) is 0 Å². The zero-order chi connectivity index (χ0) is 26.9. The molecule has 0 aromatic heterocycles. The molecule has 37 heavy (non-hydrogen) atoms. The standard InChI is InChI=1S/C25H29F4N5O2S/c1-4-8-31-34(3)37-36-33-25-23(28)17(7-9-30-25)13-18-11-16(14-35)12-21(24(29)22(18)27)32-20-6-5-15(2)10-19(20)26/h5-6,10-12,14,21,31-32H,4,7-9,13H2,1-3H3,(H,30,33). The lowest BCUT2D eigenvalue weighted by molar-refractivity contribution is -0.104. The molecule has 0 radical (unpaired) electrons. The van der Waals surface area contributed by atoms with Gasteiger partial charge in [-0.05, 0) is 67.2 Å². The molecule has 7 nitrogen and oxygen atoms in total. The topological polar surface area (TPSA) is 78.0 Å². The molecule has 1 aliphatic carbocycles. The fourth-order valence-electron chi connectivity index (χ4n) is 3.61. The first-order chi connectivity index (χ1) is 17.7. The molecule has 3 N–H and O–H groups in total. The van der Waals surface area contributed by atoms with Gasteiger partial charge in [-0.15, -0.1) is 0 Å². The molecular formula is C25H29F4N5O2S. The predicted octanol–water partition coefficient (Wildman–Crippen LogP) is 5.48. The summed E-state index contributed by atoms with van der Waals surface area (Å²) in [6.45, 7) is 4.63. The van der Waals surface area contributed by atoms with Gasteiger partial charge in [0.05, 0.1) is 5.69 Å². The van der Waals surface area contributed by atoms with E-state index >= 15 is 13.2 Å². The van der Waals surface area contributed by atoms with Crippen LogP contribution < -0.4 is 16.2 Å². The number of carbonyl (C=O) groups excluding carboxylic acids is 1. The molecule has 0 spiro atoms. The van der Waals surface area contributed by atoms with Crippen molar-refractivity contribution in [2.24, 2.45) is 4.99 Å². The minimum Gasteiger partial charge on any atom is -0.370 e. The van der Waals surface area contributed by atoms with Crippen molar-refractivity contribution in [2.45, 2.75) is 39.2 Å². The molecule has 0 fully saturated rings. The van der Waals surface area contributed by atoms with Gasteiger partial charge < -0.3 is 5.32 Å². The summed E-state index contributed by atoms with van der Waals surface area (Å²) < 4.78 is 66.6. The maximum Gasteiger partial charge on any atom is 0.182 e. The number of dihydropyridines is 1. The Balaban J connectivity index is 1.76. The lowest BCUT2D eigenvalue weighted by Gasteiger charge is -2.19. The molecule has 1 aromatic rings. The molecule has 1 heterocycles. The van der Waals surface area contributed by atoms with Gasteiger partial charge in [0.15, 0.2) is 23.3 Å². The predicted molar refractivity (Wildman–Crippen MR) is 138 cm³/mol. The van der Waals surface area contributed by atoms with Gasteiger partial charge in [-0.1, -0.05) is 13.0 Å². The number of amidine groups is 1. The van der Waals surface area contributed by atoms with Crippen LogP contribution in [0.15, 0.2) is 69.5 Å². The third-order valence-corrected chi connectivity index (χ3v) is 6.02. The van der Waals surface area contributed by atoms with Crippen LogP contribution in [-0.2, 0) is 9.08 Å². The number of rotatable bonds is 11. The molecule has 0 bridgehead atoms. The highest BCUT2D eigenvalue weighted by atomic mass is 32.2. The zero-order valence-electron chi connectivity index (χ0n) is 20.7. The van der Waals surface area contributed by atoms with E-state index in [9.17, 15) is 9.18 Å². The van der Waals surface area contributed by atoms with Gasteiger partial charge in [0, 0.05) is 25.7 Å². The second-order valence-electron chi connectivity index (χ2n) is 8.46. The van der Waals surface area contributed by atoms with Gasteiger partial charge in [0.25, 0.3) is 0 Å². The molecule has 0 amide bonds. The van der Waals surface area contributed by atoms with Crippen molar-refractivity contribution in [3.05, 3.63) is 75.9 Å². The number of hydrazine groups is 1. The summed E-state index contributed by atoms with van der Waals surface area (Å²) in [5, 5.41) is 2.59. The van der Waals surface area contributed by atoms with Gasteiger partial charge in [0.2, 0.25) is 0 Å². The minimum atomic E-state index is -1.43. The number of aryl methyl sites for hydroxylation is 1. The molecule has 1 aromatic carbocycles. The third kappa shape index (κ3) is 7.78. The quantitative estimate of drug-likeness (QED) is 0.113. The van der Waals surface area contributed by atoms with Gasteiger partial charge in [0.1, 0.15) is 30.4 Å². The molecule has 1 atom stereocenters. The first-order valence-corrected chi connectivity index (χ1v) is 12.4. The molecule has 200 valence electrons. The number of benzene rings is 1. The van der Waals surface area contributed by atoms with Crippen LogP contribution in [0, 0.1) is 12.7 Å². The number of aliphatic imine (C=N–C) groups is 1. The molecule has 1 aliphatic heterocycles. The monoisotopic (exact) mass is 539 g/mol. The number of hydroxylamine groups is 1. The lowest BCUT2D eigenvalue weighted by atomic mass is 9.97. The van der Waals surface area contributed by atoms with Gasteiger partial charge >= 0.3 is 0 Å². The van der Waals surface area contributed by atoms with Crippen LogP contribution in [0.1, 0.15) is 31.7 Å². The molecule has 2 aliphatic rings. The fraction of sp³-hybridized carbons (Fsp3) is 0.360. The Labute approximate surface area is 217 Å². The average molecular weight is 540 g/mol. The first-order valence-electron chi connectivity index (χ1n) is 11.7. The highest BCUT2D eigenvalue weighted by molar-refractivity contribution is 7.92. The molecular weight excluding hydrogens is 510 g/mol. The number of anilines is 1. The van der Waals surface area contributed by atoms with E-state index in [4.69, 9.17) is 4.28 Å². The second-order valence-corrected chi connectivity index (χ2v) is 9.32. The minimum absolute atomic E-state index is 0.0333. The normalized spacial score (nSPS) is 18.4. The van der Waals surface area contributed by atoms with Crippen molar-refractivity contribution in [3.8, 4) is 0 Å². The number of nitrogens with one attached hydrogen (secondary N) is 3. The van der Waals surface area contributed by atoms with Crippen molar-refractivity contribution in [1.82, 2.24) is 15.3 Å². The highest BCUT2D eigenvalue weighted by Crippen LogP contribution is 2.34.